The third-order valence-corrected chi connectivity index (χ3v) is 3.68. The second kappa shape index (κ2) is 7.91. The van der Waals surface area contributed by atoms with Crippen LogP contribution >= 0.6 is 0 Å². The van der Waals surface area contributed by atoms with E-state index in [9.17, 15) is 4.39 Å². The van der Waals surface area contributed by atoms with E-state index in [-0.39, 0.29) is 24.5 Å². The van der Waals surface area contributed by atoms with Crippen molar-refractivity contribution >= 4 is 0 Å². The lowest BCUT2D eigenvalue weighted by Crippen LogP contribution is -2.25. The molecule has 0 aromatic heterocycles. The van der Waals surface area contributed by atoms with Crippen molar-refractivity contribution in [3.05, 3.63) is 71.5 Å². The predicted molar refractivity (Wildman–Crippen MR) is 83.5 cm³/mol. The van der Waals surface area contributed by atoms with Crippen LogP contribution in [0.5, 0.6) is 0 Å². The Morgan fingerprint density at radius 1 is 1.05 bits per heavy atom. The molecule has 0 aliphatic carbocycles. The summed E-state index contributed by atoms with van der Waals surface area (Å²) in [5, 5.41) is 12.5. The molecule has 112 valence electrons. The van der Waals surface area contributed by atoms with Gasteiger partial charge in [0.15, 0.2) is 0 Å². The normalized spacial score (nSPS) is 13.9. The number of hydrogen-bond donors (Lipinski definition) is 2. The minimum Gasteiger partial charge on any atom is -0.396 e. The van der Waals surface area contributed by atoms with Crippen LogP contribution in [-0.2, 0) is 0 Å². The Morgan fingerprint density at radius 3 is 2.38 bits per heavy atom. The van der Waals surface area contributed by atoms with E-state index in [2.05, 4.69) is 17.4 Å². The van der Waals surface area contributed by atoms with Crippen molar-refractivity contribution in [2.75, 3.05) is 6.61 Å². The molecule has 0 aliphatic rings. The Morgan fingerprint density at radius 2 is 1.71 bits per heavy atom. The van der Waals surface area contributed by atoms with Crippen LogP contribution in [0.3, 0.4) is 0 Å². The summed E-state index contributed by atoms with van der Waals surface area (Å²) in [7, 11) is 0. The van der Waals surface area contributed by atoms with Gasteiger partial charge in [-0.05, 0) is 31.4 Å². The van der Waals surface area contributed by atoms with Crippen LogP contribution in [0.25, 0.3) is 0 Å². The van der Waals surface area contributed by atoms with Crippen LogP contribution in [0, 0.1) is 5.82 Å². The first-order valence-electron chi connectivity index (χ1n) is 7.38. The van der Waals surface area contributed by atoms with Crippen LogP contribution in [-0.4, -0.2) is 11.7 Å². The fraction of sp³-hybridized carbons (Fsp3) is 0.333. The van der Waals surface area contributed by atoms with Crippen LogP contribution in [0.2, 0.25) is 0 Å². The first-order chi connectivity index (χ1) is 10.2. The molecule has 0 saturated carbocycles. The quantitative estimate of drug-likeness (QED) is 0.807. The molecule has 0 bridgehead atoms. The highest BCUT2D eigenvalue weighted by atomic mass is 19.1. The Labute approximate surface area is 125 Å². The van der Waals surface area contributed by atoms with Crippen molar-refractivity contribution in [1.29, 1.82) is 0 Å². The van der Waals surface area contributed by atoms with Crippen LogP contribution in [0.1, 0.15) is 43.0 Å². The summed E-state index contributed by atoms with van der Waals surface area (Å²) in [6, 6.07) is 16.9. The zero-order valence-electron chi connectivity index (χ0n) is 12.3. The lowest BCUT2D eigenvalue weighted by molar-refractivity contribution is 0.272. The monoisotopic (exact) mass is 287 g/mol. The summed E-state index contributed by atoms with van der Waals surface area (Å²) in [5.74, 6) is -0.188. The maximum atomic E-state index is 13.9. The van der Waals surface area contributed by atoms with Crippen molar-refractivity contribution in [2.45, 2.75) is 31.8 Å². The molecule has 2 rings (SSSR count). The Balaban J connectivity index is 2.13. The Hall–Kier alpha value is -1.71. The van der Waals surface area contributed by atoms with Gasteiger partial charge in [0, 0.05) is 24.3 Å². The first-order valence-corrected chi connectivity index (χ1v) is 7.38. The third kappa shape index (κ3) is 4.38. The smallest absolute Gasteiger partial charge is 0.127 e. The SMILES string of the molecule is CC(NC(CCCO)c1ccccc1)c1ccccc1F. The van der Waals surface area contributed by atoms with Gasteiger partial charge in [-0.25, -0.2) is 4.39 Å². The third-order valence-electron chi connectivity index (χ3n) is 3.68. The van der Waals surface area contributed by atoms with E-state index < -0.39 is 0 Å². The number of halogens is 1. The van der Waals surface area contributed by atoms with E-state index in [1.54, 1.807) is 12.1 Å². The molecule has 0 saturated heterocycles. The van der Waals surface area contributed by atoms with Crippen LogP contribution < -0.4 is 5.32 Å². The van der Waals surface area contributed by atoms with Gasteiger partial charge in [-0.3, -0.25) is 0 Å². The maximum absolute atomic E-state index is 13.9. The van der Waals surface area contributed by atoms with Crippen molar-refractivity contribution in [2.24, 2.45) is 0 Å². The van der Waals surface area contributed by atoms with Crippen molar-refractivity contribution in [1.82, 2.24) is 5.32 Å². The van der Waals surface area contributed by atoms with Gasteiger partial charge < -0.3 is 10.4 Å². The largest absolute Gasteiger partial charge is 0.396 e. The molecular weight excluding hydrogens is 265 g/mol. The molecule has 2 aromatic carbocycles. The molecule has 2 aromatic rings. The molecule has 3 heteroatoms. The van der Waals surface area contributed by atoms with E-state index >= 15 is 0 Å². The second-order valence-electron chi connectivity index (χ2n) is 5.24. The first kappa shape index (κ1) is 15.7. The van der Waals surface area contributed by atoms with Gasteiger partial charge in [-0.2, -0.15) is 0 Å². The number of rotatable bonds is 7. The van der Waals surface area contributed by atoms with Crippen LogP contribution in [0.15, 0.2) is 54.6 Å². The number of aliphatic hydroxyl groups is 1. The highest BCUT2D eigenvalue weighted by molar-refractivity contribution is 5.23. The number of nitrogens with one attached hydrogen (secondary N) is 1. The standard InChI is InChI=1S/C18H22FNO/c1-14(16-10-5-6-11-17(16)19)20-18(12-7-13-21)15-8-3-2-4-9-15/h2-6,8-11,14,18,20-21H,7,12-13H2,1H3. The molecule has 2 nitrogen and oxygen atoms in total. The fourth-order valence-corrected chi connectivity index (χ4v) is 2.54. The summed E-state index contributed by atoms with van der Waals surface area (Å²) in [5.41, 5.74) is 1.83. The van der Waals surface area contributed by atoms with E-state index in [1.807, 2.05) is 31.2 Å². The van der Waals surface area contributed by atoms with Gasteiger partial charge in [0.1, 0.15) is 5.82 Å². The van der Waals surface area contributed by atoms with Gasteiger partial charge in [0.25, 0.3) is 0 Å². The summed E-state index contributed by atoms with van der Waals surface area (Å²) in [6.07, 6.45) is 1.54. The van der Waals surface area contributed by atoms with Gasteiger partial charge in [-0.1, -0.05) is 48.5 Å². The number of benzene rings is 2. The molecule has 0 radical (unpaired) electrons. The van der Waals surface area contributed by atoms with Crippen molar-refractivity contribution in [3.8, 4) is 0 Å². The summed E-state index contributed by atoms with van der Waals surface area (Å²) in [4.78, 5) is 0. The topological polar surface area (TPSA) is 32.3 Å². The van der Waals surface area contributed by atoms with Gasteiger partial charge in [0.05, 0.1) is 0 Å². The molecule has 0 amide bonds. The van der Waals surface area contributed by atoms with Crippen molar-refractivity contribution < 1.29 is 9.50 Å². The average molecular weight is 287 g/mol. The van der Waals surface area contributed by atoms with Crippen LogP contribution in [0.4, 0.5) is 4.39 Å². The van der Waals surface area contributed by atoms with E-state index in [0.29, 0.717) is 5.56 Å². The van der Waals surface area contributed by atoms with E-state index in [4.69, 9.17) is 5.11 Å². The van der Waals surface area contributed by atoms with Gasteiger partial charge in [-0.15, -0.1) is 0 Å². The van der Waals surface area contributed by atoms with E-state index in [0.717, 1.165) is 18.4 Å². The minimum atomic E-state index is -0.188. The average Bonchev–Trinajstić information content (AvgIpc) is 2.52. The fourth-order valence-electron chi connectivity index (χ4n) is 2.54. The zero-order valence-corrected chi connectivity index (χ0v) is 12.3. The molecule has 21 heavy (non-hydrogen) atoms. The maximum Gasteiger partial charge on any atom is 0.127 e. The molecule has 2 N–H and O–H groups in total. The lowest BCUT2D eigenvalue weighted by atomic mass is 9.99. The molecular formula is C18H22FNO. The molecule has 0 heterocycles. The van der Waals surface area contributed by atoms with Crippen molar-refractivity contribution in [3.63, 3.8) is 0 Å². The Bertz CT molecular complexity index is 544. The summed E-state index contributed by atoms with van der Waals surface area (Å²) < 4.78 is 13.9. The minimum absolute atomic E-state index is 0.0879. The van der Waals surface area contributed by atoms with Gasteiger partial charge in [0.2, 0.25) is 0 Å². The predicted octanol–water partition coefficient (Wildman–Crippen LogP) is 3.99. The molecule has 0 aliphatic heterocycles. The van der Waals surface area contributed by atoms with E-state index in [1.165, 1.54) is 6.07 Å². The number of aliphatic hydroxyl groups excluding tert-OH is 1. The summed E-state index contributed by atoms with van der Waals surface area (Å²) in [6.45, 7) is 2.13. The zero-order chi connectivity index (χ0) is 15.1. The lowest BCUT2D eigenvalue weighted by Gasteiger charge is -2.24. The van der Waals surface area contributed by atoms with Gasteiger partial charge >= 0.3 is 0 Å². The molecule has 0 spiro atoms. The summed E-state index contributed by atoms with van der Waals surface area (Å²) >= 11 is 0. The molecule has 0 fully saturated rings. The molecule has 2 atom stereocenters. The Kier molecular flexibility index (Phi) is 5.90. The molecule has 2 unspecified atom stereocenters. The highest BCUT2D eigenvalue weighted by Crippen LogP contribution is 2.24. The highest BCUT2D eigenvalue weighted by Gasteiger charge is 2.16. The second-order valence-corrected chi connectivity index (χ2v) is 5.24. The number of hydrogen-bond acceptors (Lipinski definition) is 2.